The minimum Gasteiger partial charge on any atom is -0.493 e. The molecule has 0 bridgehead atoms. The second-order valence-corrected chi connectivity index (χ2v) is 2.92. The van der Waals surface area contributed by atoms with Gasteiger partial charge < -0.3 is 9.84 Å². The van der Waals surface area contributed by atoms with E-state index >= 15 is 0 Å². The molecular weight excluding hydrogens is 232 g/mol. The molecule has 0 aliphatic heterocycles. The topological polar surface area (TPSA) is 59.4 Å². The normalized spacial score (nSPS) is 10.5. The van der Waals surface area contributed by atoms with E-state index in [1.165, 1.54) is 0 Å². The molecular formula is C8H6ClF2NO3. The number of carboxylic acid groups (broad SMARTS) is 1. The van der Waals surface area contributed by atoms with Gasteiger partial charge in [0.1, 0.15) is 0 Å². The summed E-state index contributed by atoms with van der Waals surface area (Å²) in [7, 11) is 1.15. The highest BCUT2D eigenvalue weighted by Crippen LogP contribution is 2.33. The average molecular weight is 238 g/mol. The second-order valence-electron chi connectivity index (χ2n) is 2.51. The van der Waals surface area contributed by atoms with Crippen LogP contribution in [0.2, 0.25) is 5.02 Å². The average Bonchev–Trinajstić information content (AvgIpc) is 2.16. The lowest BCUT2D eigenvalue weighted by molar-refractivity contribution is 0.0688. The molecule has 0 atom stereocenters. The Bertz CT molecular complexity index is 398. The Morgan fingerprint density at radius 3 is 2.67 bits per heavy atom. The van der Waals surface area contributed by atoms with E-state index in [9.17, 15) is 13.6 Å². The van der Waals surface area contributed by atoms with Gasteiger partial charge in [-0.05, 0) is 6.07 Å². The van der Waals surface area contributed by atoms with Crippen LogP contribution in [0.25, 0.3) is 0 Å². The summed E-state index contributed by atoms with van der Waals surface area (Å²) in [6, 6.07) is 0.953. The van der Waals surface area contributed by atoms with E-state index in [0.29, 0.717) is 0 Å². The van der Waals surface area contributed by atoms with E-state index in [1.54, 1.807) is 0 Å². The lowest BCUT2D eigenvalue weighted by Gasteiger charge is -2.09. The van der Waals surface area contributed by atoms with Crippen LogP contribution in [0.15, 0.2) is 6.07 Å². The minimum absolute atomic E-state index is 0.208. The molecule has 0 saturated carbocycles. The van der Waals surface area contributed by atoms with Crippen molar-refractivity contribution in [1.29, 1.82) is 0 Å². The molecule has 0 aliphatic carbocycles. The summed E-state index contributed by atoms with van der Waals surface area (Å²) in [5, 5.41) is 8.36. The van der Waals surface area contributed by atoms with E-state index < -0.39 is 23.8 Å². The van der Waals surface area contributed by atoms with Crippen molar-refractivity contribution < 1.29 is 23.4 Å². The summed E-state index contributed by atoms with van der Waals surface area (Å²) in [6.07, 6.45) is -2.95. The van der Waals surface area contributed by atoms with Crippen LogP contribution < -0.4 is 4.74 Å². The zero-order chi connectivity index (χ0) is 11.6. The highest BCUT2D eigenvalue weighted by atomic mass is 35.5. The van der Waals surface area contributed by atoms with E-state index in [0.717, 1.165) is 13.2 Å². The molecule has 0 aromatic carbocycles. The Morgan fingerprint density at radius 1 is 1.67 bits per heavy atom. The maximum absolute atomic E-state index is 12.4. The van der Waals surface area contributed by atoms with Crippen molar-refractivity contribution >= 4 is 17.6 Å². The molecule has 0 amide bonds. The maximum Gasteiger partial charge on any atom is 0.354 e. The number of nitrogens with zero attached hydrogens (tertiary/aromatic N) is 1. The Labute approximate surface area is 88.4 Å². The molecule has 1 N–H and O–H groups in total. The Kier molecular flexibility index (Phi) is 3.41. The van der Waals surface area contributed by atoms with Crippen molar-refractivity contribution in [2.45, 2.75) is 6.43 Å². The molecule has 0 radical (unpaired) electrons. The molecule has 0 unspecified atom stereocenters. The van der Waals surface area contributed by atoms with Gasteiger partial charge in [-0.1, -0.05) is 11.6 Å². The number of aromatic nitrogens is 1. The van der Waals surface area contributed by atoms with Gasteiger partial charge in [-0.2, -0.15) is 0 Å². The zero-order valence-corrected chi connectivity index (χ0v) is 8.26. The largest absolute Gasteiger partial charge is 0.493 e. The van der Waals surface area contributed by atoms with Gasteiger partial charge >= 0.3 is 5.97 Å². The monoisotopic (exact) mass is 237 g/mol. The fraction of sp³-hybridized carbons (Fsp3) is 0.250. The number of hydrogen-bond donors (Lipinski definition) is 1. The smallest absolute Gasteiger partial charge is 0.354 e. The Balaban J connectivity index is 3.38. The van der Waals surface area contributed by atoms with Crippen LogP contribution >= 0.6 is 11.6 Å². The standard InChI is InChI=1S/C8H6ClF2NO3/c1-15-6-3(9)2-4(8(13)14)12-5(6)7(10)11/h2,7H,1H3,(H,13,14). The number of pyridine rings is 1. The molecule has 0 aliphatic rings. The Hall–Kier alpha value is -1.43. The van der Waals surface area contributed by atoms with Gasteiger partial charge in [-0.15, -0.1) is 0 Å². The van der Waals surface area contributed by atoms with Crippen molar-refractivity contribution in [1.82, 2.24) is 4.98 Å². The van der Waals surface area contributed by atoms with Crippen molar-refractivity contribution in [3.63, 3.8) is 0 Å². The van der Waals surface area contributed by atoms with Gasteiger partial charge in [0, 0.05) is 0 Å². The van der Waals surface area contributed by atoms with Crippen LogP contribution in [0.4, 0.5) is 8.78 Å². The molecule has 1 aromatic heterocycles. The van der Waals surface area contributed by atoms with Gasteiger partial charge in [-0.25, -0.2) is 18.6 Å². The number of carboxylic acids is 1. The van der Waals surface area contributed by atoms with E-state index in [2.05, 4.69) is 9.72 Å². The molecule has 1 heterocycles. The van der Waals surface area contributed by atoms with Crippen LogP contribution in [-0.4, -0.2) is 23.2 Å². The zero-order valence-electron chi connectivity index (χ0n) is 7.50. The summed E-state index contributed by atoms with van der Waals surface area (Å²) in [4.78, 5) is 13.8. The van der Waals surface area contributed by atoms with Crippen LogP contribution in [0.1, 0.15) is 22.6 Å². The highest BCUT2D eigenvalue weighted by Gasteiger charge is 2.22. The van der Waals surface area contributed by atoms with Crippen molar-refractivity contribution in [2.75, 3.05) is 7.11 Å². The second kappa shape index (κ2) is 4.39. The first-order chi connectivity index (χ1) is 6.97. The molecule has 7 heteroatoms. The highest BCUT2D eigenvalue weighted by molar-refractivity contribution is 6.32. The van der Waals surface area contributed by atoms with Gasteiger partial charge in [0.2, 0.25) is 0 Å². The van der Waals surface area contributed by atoms with Crippen LogP contribution in [0, 0.1) is 0 Å². The van der Waals surface area contributed by atoms with Gasteiger partial charge in [0.05, 0.1) is 12.1 Å². The molecule has 82 valence electrons. The summed E-state index contributed by atoms with van der Waals surface area (Å²) in [6.45, 7) is 0. The first-order valence-corrected chi connectivity index (χ1v) is 4.11. The lowest BCUT2D eigenvalue weighted by atomic mass is 10.2. The van der Waals surface area contributed by atoms with Crippen molar-refractivity contribution in [3.8, 4) is 5.75 Å². The first kappa shape index (κ1) is 11.6. The maximum atomic E-state index is 12.4. The van der Waals surface area contributed by atoms with E-state index in [-0.39, 0.29) is 10.8 Å². The third-order valence-corrected chi connectivity index (χ3v) is 1.86. The minimum atomic E-state index is -2.95. The fourth-order valence-corrected chi connectivity index (χ4v) is 1.26. The fourth-order valence-electron chi connectivity index (χ4n) is 0.980. The number of alkyl halides is 2. The third kappa shape index (κ3) is 2.33. The van der Waals surface area contributed by atoms with Gasteiger partial charge in [0.25, 0.3) is 6.43 Å². The number of halogens is 3. The third-order valence-electron chi connectivity index (χ3n) is 1.58. The van der Waals surface area contributed by atoms with Gasteiger partial charge in [0.15, 0.2) is 17.1 Å². The number of methoxy groups -OCH3 is 1. The van der Waals surface area contributed by atoms with E-state index in [1.807, 2.05) is 0 Å². The number of ether oxygens (including phenoxy) is 1. The Morgan fingerprint density at radius 2 is 2.27 bits per heavy atom. The van der Waals surface area contributed by atoms with E-state index in [4.69, 9.17) is 16.7 Å². The SMILES string of the molecule is COc1c(Cl)cc(C(=O)O)nc1C(F)F. The molecule has 0 saturated heterocycles. The molecule has 0 fully saturated rings. The summed E-state index contributed by atoms with van der Waals surface area (Å²) < 4.78 is 29.5. The summed E-state index contributed by atoms with van der Waals surface area (Å²) >= 11 is 5.56. The van der Waals surface area contributed by atoms with Crippen LogP contribution in [-0.2, 0) is 0 Å². The quantitative estimate of drug-likeness (QED) is 0.877. The number of aromatic carboxylic acids is 1. The van der Waals surface area contributed by atoms with Crippen molar-refractivity contribution in [2.24, 2.45) is 0 Å². The number of hydrogen-bond acceptors (Lipinski definition) is 3. The molecule has 1 rings (SSSR count). The molecule has 4 nitrogen and oxygen atoms in total. The molecule has 0 spiro atoms. The summed E-state index contributed by atoms with van der Waals surface area (Å²) in [5.41, 5.74) is -1.32. The van der Waals surface area contributed by atoms with Crippen LogP contribution in [0.3, 0.4) is 0 Å². The summed E-state index contributed by atoms with van der Waals surface area (Å²) in [5.74, 6) is -1.74. The predicted molar refractivity (Wildman–Crippen MR) is 47.7 cm³/mol. The molecule has 15 heavy (non-hydrogen) atoms. The lowest BCUT2D eigenvalue weighted by Crippen LogP contribution is -2.06. The number of rotatable bonds is 3. The number of carbonyl (C=O) groups is 1. The predicted octanol–water partition coefficient (Wildman–Crippen LogP) is 2.38. The van der Waals surface area contributed by atoms with Crippen LogP contribution in [0.5, 0.6) is 5.75 Å². The van der Waals surface area contributed by atoms with Gasteiger partial charge in [-0.3, -0.25) is 0 Å². The van der Waals surface area contributed by atoms with Crippen molar-refractivity contribution in [3.05, 3.63) is 22.5 Å². The molecule has 1 aromatic rings. The first-order valence-electron chi connectivity index (χ1n) is 3.73.